The maximum Gasteiger partial charge on any atom is 0.303 e. The van der Waals surface area contributed by atoms with E-state index in [2.05, 4.69) is 0 Å². The molecule has 12 heavy (non-hydrogen) atoms. The zero-order chi connectivity index (χ0) is 9.56. The lowest BCUT2D eigenvalue weighted by Crippen LogP contribution is -2.13. The fourth-order valence-electron chi connectivity index (χ4n) is 0.753. The van der Waals surface area contributed by atoms with Crippen LogP contribution >= 0.6 is 0 Å². The Morgan fingerprint density at radius 1 is 1.58 bits per heavy atom. The number of rotatable bonds is 6. The van der Waals surface area contributed by atoms with Gasteiger partial charge in [0.05, 0.1) is 0 Å². The van der Waals surface area contributed by atoms with Gasteiger partial charge >= 0.3 is 5.97 Å². The molecule has 2 atom stereocenters. The molecule has 4 heteroatoms. The molecule has 0 spiro atoms. The summed E-state index contributed by atoms with van der Waals surface area (Å²) in [6, 6.07) is 0. The van der Waals surface area contributed by atoms with E-state index in [1.807, 2.05) is 13.8 Å². The highest BCUT2D eigenvalue weighted by Crippen LogP contribution is 2.03. The fraction of sp³-hybridized carbons (Fsp3) is 0.875. The molecule has 1 N–H and O–H groups in total. The van der Waals surface area contributed by atoms with Crippen LogP contribution in [0.1, 0.15) is 33.1 Å². The van der Waals surface area contributed by atoms with Crippen molar-refractivity contribution in [1.82, 2.24) is 0 Å². The first-order chi connectivity index (χ1) is 5.57. The lowest BCUT2D eigenvalue weighted by Gasteiger charge is -2.06. The smallest absolute Gasteiger partial charge is 0.303 e. The normalized spacial score (nSPS) is 15.5. The van der Waals surface area contributed by atoms with Crippen LogP contribution in [-0.4, -0.2) is 26.3 Å². The van der Waals surface area contributed by atoms with E-state index in [9.17, 15) is 9.00 Å². The lowest BCUT2D eigenvalue weighted by molar-refractivity contribution is -0.137. The van der Waals surface area contributed by atoms with Crippen molar-refractivity contribution in [1.29, 1.82) is 0 Å². The number of aliphatic carboxylic acids is 1. The predicted molar refractivity (Wildman–Crippen MR) is 49.6 cm³/mol. The molecule has 0 aromatic heterocycles. The Labute approximate surface area is 75.6 Å². The summed E-state index contributed by atoms with van der Waals surface area (Å²) in [5.74, 6) is -0.294. The fourth-order valence-corrected chi connectivity index (χ4v) is 1.96. The van der Waals surface area contributed by atoms with E-state index in [1.165, 1.54) is 0 Å². The summed E-state index contributed by atoms with van der Waals surface area (Å²) >= 11 is 0. The predicted octanol–water partition coefficient (Wildman–Crippen LogP) is 1.40. The Balaban J connectivity index is 3.50. The molecule has 0 heterocycles. The van der Waals surface area contributed by atoms with E-state index in [4.69, 9.17) is 5.11 Å². The maximum atomic E-state index is 11.3. The summed E-state index contributed by atoms with van der Waals surface area (Å²) in [6.07, 6.45) is 1.54. The molecule has 0 saturated carbocycles. The second-order valence-corrected chi connectivity index (χ2v) is 4.78. The molecule has 0 aromatic rings. The van der Waals surface area contributed by atoms with Gasteiger partial charge in [-0.2, -0.15) is 0 Å². The van der Waals surface area contributed by atoms with E-state index >= 15 is 0 Å². The maximum absolute atomic E-state index is 11.3. The topological polar surface area (TPSA) is 54.4 Å². The van der Waals surface area contributed by atoms with Gasteiger partial charge in [0.25, 0.3) is 0 Å². The summed E-state index contributed by atoms with van der Waals surface area (Å²) in [5, 5.41) is 8.52. The summed E-state index contributed by atoms with van der Waals surface area (Å²) < 4.78 is 11.3. The monoisotopic (exact) mass is 192 g/mol. The van der Waals surface area contributed by atoms with Crippen LogP contribution in [0.15, 0.2) is 0 Å². The number of hydrogen-bond donors (Lipinski definition) is 1. The summed E-state index contributed by atoms with van der Waals surface area (Å²) in [5.41, 5.74) is 0. The zero-order valence-corrected chi connectivity index (χ0v) is 8.39. The Kier molecular flexibility index (Phi) is 5.98. The van der Waals surface area contributed by atoms with Crippen LogP contribution in [0.25, 0.3) is 0 Å². The van der Waals surface area contributed by atoms with E-state index in [-0.39, 0.29) is 11.7 Å². The minimum absolute atomic E-state index is 0.127. The summed E-state index contributed by atoms with van der Waals surface area (Å²) in [6.45, 7) is 3.91. The average Bonchev–Trinajstić information content (AvgIpc) is 2.02. The molecule has 0 saturated heterocycles. The molecule has 0 aliphatic heterocycles. The molecule has 0 aliphatic rings. The van der Waals surface area contributed by atoms with Crippen molar-refractivity contribution in [2.75, 3.05) is 5.75 Å². The SMILES string of the molecule is CCC(C)S(=O)CCCC(=O)O. The Morgan fingerprint density at radius 3 is 2.58 bits per heavy atom. The van der Waals surface area contributed by atoms with Gasteiger partial charge in [-0.25, -0.2) is 0 Å². The summed E-state index contributed by atoms with van der Waals surface area (Å²) in [7, 11) is -0.845. The van der Waals surface area contributed by atoms with Crippen LogP contribution < -0.4 is 0 Å². The Hall–Kier alpha value is -0.380. The first-order valence-corrected chi connectivity index (χ1v) is 5.55. The van der Waals surface area contributed by atoms with Gasteiger partial charge in [-0.05, 0) is 12.8 Å². The van der Waals surface area contributed by atoms with Crippen LogP contribution in [0, 0.1) is 0 Å². The van der Waals surface area contributed by atoms with Gasteiger partial charge < -0.3 is 5.11 Å². The number of carboxylic acids is 1. The highest BCUT2D eigenvalue weighted by atomic mass is 32.2. The Morgan fingerprint density at radius 2 is 2.17 bits per heavy atom. The van der Waals surface area contributed by atoms with Crippen LogP contribution in [0.4, 0.5) is 0 Å². The molecular formula is C8H16O3S. The lowest BCUT2D eigenvalue weighted by atomic mass is 10.3. The molecule has 0 aromatic carbocycles. The van der Waals surface area contributed by atoms with Crippen molar-refractivity contribution >= 4 is 16.8 Å². The number of carbonyl (C=O) groups is 1. The number of hydrogen-bond acceptors (Lipinski definition) is 2. The largest absolute Gasteiger partial charge is 0.481 e. The molecule has 0 rings (SSSR count). The quantitative estimate of drug-likeness (QED) is 0.692. The zero-order valence-electron chi connectivity index (χ0n) is 7.58. The van der Waals surface area contributed by atoms with Gasteiger partial charge in [-0.1, -0.05) is 13.8 Å². The van der Waals surface area contributed by atoms with Crippen LogP contribution in [-0.2, 0) is 15.6 Å². The third kappa shape index (κ3) is 5.29. The van der Waals surface area contributed by atoms with Crippen LogP contribution in [0.2, 0.25) is 0 Å². The molecule has 0 aliphatic carbocycles. The molecule has 72 valence electrons. The highest BCUT2D eigenvalue weighted by Gasteiger charge is 2.08. The van der Waals surface area contributed by atoms with E-state index in [0.29, 0.717) is 12.2 Å². The van der Waals surface area contributed by atoms with Crippen molar-refractivity contribution in [3.63, 3.8) is 0 Å². The summed E-state index contributed by atoms with van der Waals surface area (Å²) in [4.78, 5) is 10.1. The standard InChI is InChI=1S/C8H16O3S/c1-3-7(2)12(11)6-4-5-8(9)10/h7H,3-6H2,1-2H3,(H,9,10). The van der Waals surface area contributed by atoms with Gasteiger partial charge in [-0.15, -0.1) is 0 Å². The first kappa shape index (κ1) is 11.6. The molecule has 0 bridgehead atoms. The third-order valence-corrected chi connectivity index (χ3v) is 3.68. The van der Waals surface area contributed by atoms with E-state index < -0.39 is 16.8 Å². The van der Waals surface area contributed by atoms with E-state index in [1.54, 1.807) is 0 Å². The van der Waals surface area contributed by atoms with Crippen LogP contribution in [0.5, 0.6) is 0 Å². The van der Waals surface area contributed by atoms with Crippen molar-refractivity contribution in [3.8, 4) is 0 Å². The van der Waals surface area contributed by atoms with Crippen molar-refractivity contribution in [2.24, 2.45) is 0 Å². The van der Waals surface area contributed by atoms with Gasteiger partial charge in [0.1, 0.15) is 0 Å². The van der Waals surface area contributed by atoms with Crippen molar-refractivity contribution in [2.45, 2.75) is 38.4 Å². The highest BCUT2D eigenvalue weighted by molar-refractivity contribution is 7.85. The van der Waals surface area contributed by atoms with Gasteiger partial charge in [0, 0.05) is 28.2 Å². The van der Waals surface area contributed by atoms with Gasteiger partial charge in [-0.3, -0.25) is 9.00 Å². The second kappa shape index (κ2) is 6.17. The Bertz CT molecular complexity index is 168. The minimum Gasteiger partial charge on any atom is -0.481 e. The molecule has 0 radical (unpaired) electrons. The van der Waals surface area contributed by atoms with E-state index in [0.717, 1.165) is 6.42 Å². The molecule has 0 amide bonds. The first-order valence-electron chi connectivity index (χ1n) is 4.17. The molecular weight excluding hydrogens is 176 g/mol. The average molecular weight is 192 g/mol. The second-order valence-electron chi connectivity index (χ2n) is 2.80. The van der Waals surface area contributed by atoms with Gasteiger partial charge in [0.15, 0.2) is 0 Å². The van der Waals surface area contributed by atoms with Crippen molar-refractivity contribution in [3.05, 3.63) is 0 Å². The molecule has 2 unspecified atom stereocenters. The third-order valence-electron chi connectivity index (χ3n) is 1.76. The molecule has 0 fully saturated rings. The number of carboxylic acid groups (broad SMARTS) is 1. The van der Waals surface area contributed by atoms with Crippen LogP contribution in [0.3, 0.4) is 0 Å². The molecule has 3 nitrogen and oxygen atoms in total. The van der Waals surface area contributed by atoms with Crippen molar-refractivity contribution < 1.29 is 14.1 Å². The van der Waals surface area contributed by atoms with Gasteiger partial charge in [0.2, 0.25) is 0 Å². The minimum atomic E-state index is -0.845.